The van der Waals surface area contributed by atoms with E-state index in [1.54, 1.807) is 49.4 Å². The van der Waals surface area contributed by atoms with Crippen molar-refractivity contribution in [2.24, 2.45) is 0 Å². The van der Waals surface area contributed by atoms with Crippen molar-refractivity contribution in [3.05, 3.63) is 101 Å². The second-order valence-electron chi connectivity index (χ2n) is 8.26. The van der Waals surface area contributed by atoms with Crippen LogP contribution in [0.2, 0.25) is 0 Å². The number of methoxy groups -OCH3 is 1. The first-order chi connectivity index (χ1) is 17.8. The minimum Gasteiger partial charge on any atom is -0.503 e. The fraction of sp³-hybridized carbons (Fsp3) is 0.143. The summed E-state index contributed by atoms with van der Waals surface area (Å²) in [6.45, 7) is 2.17. The van der Waals surface area contributed by atoms with E-state index in [2.05, 4.69) is 0 Å². The van der Waals surface area contributed by atoms with Gasteiger partial charge in [0.2, 0.25) is 5.78 Å². The minimum absolute atomic E-state index is 0.0451. The number of carbonyl (C=O) groups is 2. The van der Waals surface area contributed by atoms with E-state index < -0.39 is 35.1 Å². The van der Waals surface area contributed by atoms with E-state index in [4.69, 9.17) is 13.9 Å². The Balaban J connectivity index is 1.67. The zero-order chi connectivity index (χ0) is 26.3. The van der Waals surface area contributed by atoms with Gasteiger partial charge in [-0.15, -0.1) is 0 Å². The van der Waals surface area contributed by atoms with Crippen LogP contribution in [-0.4, -0.2) is 30.5 Å². The van der Waals surface area contributed by atoms with Crippen LogP contribution in [0.25, 0.3) is 11.0 Å². The summed E-state index contributed by atoms with van der Waals surface area (Å²) in [6, 6.07) is 14.9. The van der Waals surface area contributed by atoms with Crippen LogP contribution in [0.1, 0.15) is 29.1 Å². The number of aliphatic hydroxyl groups excluding tert-OH is 1. The number of nitrogens with zero attached hydrogens (tertiary/aromatic N) is 1. The summed E-state index contributed by atoms with van der Waals surface area (Å²) in [7, 11) is 1.46. The van der Waals surface area contributed by atoms with E-state index in [1.165, 1.54) is 19.2 Å². The standard InChI is InChI=1S/C28H21F2NO6/c1-3-36-18-8-4-6-15(12-18)24-23(25(32)22-13-16-7-5-9-21(35-2)27(16)37-22)26(33)28(34)31(24)17-10-11-19(29)20(30)14-17/h4-14,24,33H,3H2,1-2H3. The highest BCUT2D eigenvalue weighted by atomic mass is 19.2. The number of anilines is 1. The van der Waals surface area contributed by atoms with Crippen LogP contribution in [0.5, 0.6) is 11.5 Å². The third-order valence-electron chi connectivity index (χ3n) is 6.07. The lowest BCUT2D eigenvalue weighted by Gasteiger charge is -2.27. The van der Waals surface area contributed by atoms with Crippen molar-refractivity contribution in [2.45, 2.75) is 13.0 Å². The van der Waals surface area contributed by atoms with Crippen molar-refractivity contribution in [2.75, 3.05) is 18.6 Å². The van der Waals surface area contributed by atoms with Crippen LogP contribution in [-0.2, 0) is 4.79 Å². The zero-order valence-electron chi connectivity index (χ0n) is 19.8. The molecule has 3 aromatic carbocycles. The maximum Gasteiger partial charge on any atom is 0.294 e. The molecular formula is C28H21F2NO6. The first-order valence-corrected chi connectivity index (χ1v) is 11.4. The Bertz CT molecular complexity index is 1570. The summed E-state index contributed by atoms with van der Waals surface area (Å²) < 4.78 is 44.5. The molecule has 1 aliphatic rings. The van der Waals surface area contributed by atoms with Gasteiger partial charge >= 0.3 is 0 Å². The number of benzene rings is 3. The average Bonchev–Trinajstić information content (AvgIpc) is 3.45. The van der Waals surface area contributed by atoms with Crippen molar-refractivity contribution in [1.82, 2.24) is 0 Å². The Labute approximate surface area is 210 Å². The number of fused-ring (bicyclic) bond motifs is 1. The van der Waals surface area contributed by atoms with Crippen molar-refractivity contribution < 1.29 is 37.4 Å². The van der Waals surface area contributed by atoms with Gasteiger partial charge in [0, 0.05) is 17.1 Å². The number of Topliss-reactive ketones (excluding diaryl/α,β-unsaturated/α-hetero) is 1. The monoisotopic (exact) mass is 505 g/mol. The lowest BCUT2D eigenvalue weighted by atomic mass is 9.94. The minimum atomic E-state index is -1.18. The Morgan fingerprint density at radius 1 is 1.05 bits per heavy atom. The maximum absolute atomic E-state index is 14.2. The van der Waals surface area contributed by atoms with Crippen LogP contribution in [0, 0.1) is 11.6 Å². The predicted molar refractivity (Wildman–Crippen MR) is 131 cm³/mol. The van der Waals surface area contributed by atoms with Gasteiger partial charge in [-0.05, 0) is 48.9 Å². The van der Waals surface area contributed by atoms with Crippen molar-refractivity contribution in [1.29, 1.82) is 0 Å². The molecule has 0 bridgehead atoms. The number of hydrogen-bond acceptors (Lipinski definition) is 6. The number of amides is 1. The number of rotatable bonds is 7. The Hall–Kier alpha value is -4.66. The first-order valence-electron chi connectivity index (χ1n) is 11.4. The smallest absolute Gasteiger partial charge is 0.294 e. The number of halogens is 2. The fourth-order valence-electron chi connectivity index (χ4n) is 4.44. The summed E-state index contributed by atoms with van der Waals surface area (Å²) in [6.07, 6.45) is 0. The van der Waals surface area contributed by atoms with E-state index in [1.807, 2.05) is 0 Å². The molecule has 9 heteroatoms. The number of carbonyl (C=O) groups excluding carboxylic acids is 2. The third-order valence-corrected chi connectivity index (χ3v) is 6.07. The lowest BCUT2D eigenvalue weighted by molar-refractivity contribution is -0.117. The molecule has 1 aromatic heterocycles. The second kappa shape index (κ2) is 9.42. The van der Waals surface area contributed by atoms with E-state index in [0.717, 1.165) is 17.0 Å². The summed E-state index contributed by atoms with van der Waals surface area (Å²) in [5, 5.41) is 11.5. The van der Waals surface area contributed by atoms with Gasteiger partial charge in [0.25, 0.3) is 5.91 Å². The molecule has 7 nitrogen and oxygen atoms in total. The van der Waals surface area contributed by atoms with E-state index >= 15 is 0 Å². The molecule has 0 spiro atoms. The molecule has 1 unspecified atom stereocenters. The highest BCUT2D eigenvalue weighted by molar-refractivity contribution is 6.20. The molecular weight excluding hydrogens is 484 g/mol. The molecule has 1 aliphatic heterocycles. The third kappa shape index (κ3) is 4.08. The van der Waals surface area contributed by atoms with Crippen LogP contribution >= 0.6 is 0 Å². The number of hydrogen-bond donors (Lipinski definition) is 1. The van der Waals surface area contributed by atoms with Gasteiger partial charge in [0.05, 0.1) is 25.3 Å². The normalized spacial score (nSPS) is 15.5. The maximum atomic E-state index is 14.2. The van der Waals surface area contributed by atoms with Gasteiger partial charge in [-0.25, -0.2) is 8.78 Å². The summed E-state index contributed by atoms with van der Waals surface area (Å²) in [5.41, 5.74) is 0.410. The molecule has 0 radical (unpaired) electrons. The Morgan fingerprint density at radius 2 is 1.84 bits per heavy atom. The molecule has 188 valence electrons. The topological polar surface area (TPSA) is 89.2 Å². The summed E-state index contributed by atoms with van der Waals surface area (Å²) in [5.74, 6) is -4.08. The van der Waals surface area contributed by atoms with Gasteiger partial charge in [-0.2, -0.15) is 0 Å². The molecule has 0 aliphatic carbocycles. The zero-order valence-corrected chi connectivity index (χ0v) is 19.8. The highest BCUT2D eigenvalue weighted by Gasteiger charge is 2.45. The molecule has 0 saturated carbocycles. The molecule has 1 atom stereocenters. The quantitative estimate of drug-likeness (QED) is 0.315. The summed E-state index contributed by atoms with van der Waals surface area (Å²) in [4.78, 5) is 28.1. The molecule has 5 rings (SSSR count). The van der Waals surface area contributed by atoms with Crippen molar-refractivity contribution >= 4 is 28.3 Å². The Morgan fingerprint density at radius 3 is 2.57 bits per heavy atom. The van der Waals surface area contributed by atoms with E-state index in [-0.39, 0.29) is 17.0 Å². The van der Waals surface area contributed by atoms with Crippen LogP contribution in [0.3, 0.4) is 0 Å². The van der Waals surface area contributed by atoms with Gasteiger partial charge in [-0.3, -0.25) is 14.5 Å². The molecule has 1 amide bonds. The van der Waals surface area contributed by atoms with Crippen LogP contribution < -0.4 is 14.4 Å². The number of ether oxygens (including phenoxy) is 2. The van der Waals surface area contributed by atoms with Crippen LogP contribution in [0.15, 0.2) is 82.5 Å². The van der Waals surface area contributed by atoms with Gasteiger partial charge in [0.15, 0.2) is 34.5 Å². The number of para-hydroxylation sites is 1. The van der Waals surface area contributed by atoms with E-state index in [9.17, 15) is 23.5 Å². The molecule has 4 aromatic rings. The molecule has 37 heavy (non-hydrogen) atoms. The number of furan rings is 1. The van der Waals surface area contributed by atoms with Gasteiger partial charge < -0.3 is 19.0 Å². The molecule has 0 saturated heterocycles. The molecule has 1 N–H and O–H groups in total. The van der Waals surface area contributed by atoms with E-state index in [0.29, 0.717) is 34.6 Å². The largest absolute Gasteiger partial charge is 0.503 e. The second-order valence-corrected chi connectivity index (χ2v) is 8.26. The van der Waals surface area contributed by atoms with Gasteiger partial charge in [0.1, 0.15) is 5.75 Å². The first kappa shape index (κ1) is 24.1. The molecule has 2 heterocycles. The summed E-state index contributed by atoms with van der Waals surface area (Å²) >= 11 is 0. The SMILES string of the molecule is CCOc1cccc(C2C(C(=O)c3cc4cccc(OC)c4o3)=C(O)C(=O)N2c2ccc(F)c(F)c2)c1. The number of ketones is 1. The van der Waals surface area contributed by atoms with Crippen molar-refractivity contribution in [3.8, 4) is 11.5 Å². The Kier molecular flexibility index (Phi) is 6.12. The van der Waals surface area contributed by atoms with Gasteiger partial charge in [-0.1, -0.05) is 24.3 Å². The van der Waals surface area contributed by atoms with Crippen LogP contribution in [0.4, 0.5) is 14.5 Å². The lowest BCUT2D eigenvalue weighted by Crippen LogP contribution is -2.31. The predicted octanol–water partition coefficient (Wildman–Crippen LogP) is 5.90. The fourth-order valence-corrected chi connectivity index (χ4v) is 4.44. The molecule has 0 fully saturated rings. The highest BCUT2D eigenvalue weighted by Crippen LogP contribution is 2.43. The average molecular weight is 505 g/mol. The number of aliphatic hydroxyl groups is 1. The van der Waals surface area contributed by atoms with Crippen molar-refractivity contribution in [3.63, 3.8) is 0 Å².